The summed E-state index contributed by atoms with van der Waals surface area (Å²) in [5.41, 5.74) is -1.00. The lowest BCUT2D eigenvalue weighted by Gasteiger charge is -2.22. The molecule has 112 valence electrons. The predicted octanol–water partition coefficient (Wildman–Crippen LogP) is 2.17. The number of nitrogens with zero attached hydrogens (tertiary/aromatic N) is 1. The first-order valence-electron chi connectivity index (χ1n) is 5.92. The highest BCUT2D eigenvalue weighted by Gasteiger charge is 2.34. The van der Waals surface area contributed by atoms with Gasteiger partial charge in [0.1, 0.15) is 17.9 Å². The number of furan rings is 1. The number of pyridine rings is 1. The lowest BCUT2D eigenvalue weighted by molar-refractivity contribution is -0.142. The number of carbonyl (C=O) groups is 1. The van der Waals surface area contributed by atoms with E-state index < -0.39 is 24.1 Å². The minimum atomic E-state index is -4.58. The van der Waals surface area contributed by atoms with E-state index >= 15 is 0 Å². The molecule has 0 saturated carbocycles. The molecule has 0 aliphatic carbocycles. The van der Waals surface area contributed by atoms with Crippen LogP contribution in [0.15, 0.2) is 46.1 Å². The molecular weight excluding hydrogens is 289 g/mol. The van der Waals surface area contributed by atoms with E-state index in [1.807, 2.05) is 0 Å². The van der Waals surface area contributed by atoms with Gasteiger partial charge in [-0.05, 0) is 12.1 Å². The van der Waals surface area contributed by atoms with Crippen molar-refractivity contribution in [2.75, 3.05) is 6.54 Å². The molecule has 2 aromatic heterocycles. The second-order valence-electron chi connectivity index (χ2n) is 4.28. The Labute approximate surface area is 117 Å². The molecule has 0 aliphatic rings. The molecule has 0 unspecified atom stereocenters. The normalized spacial score (nSPS) is 11.4. The molecule has 0 spiro atoms. The summed E-state index contributed by atoms with van der Waals surface area (Å²) >= 11 is 0. The minimum absolute atomic E-state index is 0.194. The Morgan fingerprint density at radius 2 is 2.10 bits per heavy atom. The number of amides is 1. The zero-order valence-corrected chi connectivity index (χ0v) is 10.7. The summed E-state index contributed by atoms with van der Waals surface area (Å²) in [4.78, 5) is 26.7. The lowest BCUT2D eigenvalue weighted by Crippen LogP contribution is -2.40. The summed E-state index contributed by atoms with van der Waals surface area (Å²) in [5.74, 6) is -0.814. The standard InChI is InChI=1S/C13H11F3N2O3/c14-13(15,16)8-18(7-9-2-1-5-21-9)12(20)10-6-17-4-3-11(10)19/h1-6H,7-8H2,(H,17,19). The number of H-pyrrole nitrogens is 1. The van der Waals surface area contributed by atoms with Gasteiger partial charge >= 0.3 is 6.18 Å². The van der Waals surface area contributed by atoms with Gasteiger partial charge in [-0.3, -0.25) is 9.59 Å². The highest BCUT2D eigenvalue weighted by atomic mass is 19.4. The Hall–Kier alpha value is -2.51. The van der Waals surface area contributed by atoms with E-state index in [0.29, 0.717) is 4.90 Å². The Kier molecular flexibility index (Phi) is 4.15. The summed E-state index contributed by atoms with van der Waals surface area (Å²) < 4.78 is 42.7. The molecule has 2 rings (SSSR count). The van der Waals surface area contributed by atoms with E-state index in [4.69, 9.17) is 4.42 Å². The molecule has 5 nitrogen and oxygen atoms in total. The van der Waals surface area contributed by atoms with E-state index in [1.54, 1.807) is 0 Å². The van der Waals surface area contributed by atoms with Gasteiger partial charge in [0.2, 0.25) is 0 Å². The molecule has 1 N–H and O–H groups in total. The maximum Gasteiger partial charge on any atom is 0.406 e. The number of aromatic amines is 1. The van der Waals surface area contributed by atoms with Crippen molar-refractivity contribution >= 4 is 5.91 Å². The van der Waals surface area contributed by atoms with E-state index in [1.165, 1.54) is 24.6 Å². The van der Waals surface area contributed by atoms with E-state index in [0.717, 1.165) is 12.3 Å². The van der Waals surface area contributed by atoms with E-state index in [2.05, 4.69) is 4.98 Å². The molecule has 0 atom stereocenters. The molecule has 0 fully saturated rings. The third-order valence-electron chi connectivity index (χ3n) is 2.64. The number of rotatable bonds is 4. The van der Waals surface area contributed by atoms with Crippen molar-refractivity contribution in [1.29, 1.82) is 0 Å². The van der Waals surface area contributed by atoms with Gasteiger partial charge in [-0.1, -0.05) is 0 Å². The second-order valence-corrected chi connectivity index (χ2v) is 4.28. The predicted molar refractivity (Wildman–Crippen MR) is 66.6 cm³/mol. The fourth-order valence-corrected chi connectivity index (χ4v) is 1.76. The average Bonchev–Trinajstić information content (AvgIpc) is 2.89. The van der Waals surface area contributed by atoms with Crippen LogP contribution in [0.2, 0.25) is 0 Å². The summed E-state index contributed by atoms with van der Waals surface area (Å²) in [7, 11) is 0. The number of nitrogens with one attached hydrogen (secondary N) is 1. The molecule has 2 aromatic rings. The maximum absolute atomic E-state index is 12.6. The smallest absolute Gasteiger partial charge is 0.406 e. The fraction of sp³-hybridized carbons (Fsp3) is 0.231. The van der Waals surface area contributed by atoms with Crippen LogP contribution in [0.1, 0.15) is 16.1 Å². The van der Waals surface area contributed by atoms with Crippen LogP contribution in [0.25, 0.3) is 0 Å². The Balaban J connectivity index is 2.28. The Morgan fingerprint density at radius 1 is 1.33 bits per heavy atom. The Morgan fingerprint density at radius 3 is 2.67 bits per heavy atom. The summed E-state index contributed by atoms with van der Waals surface area (Å²) in [6, 6.07) is 4.03. The number of aromatic nitrogens is 1. The van der Waals surface area contributed by atoms with Crippen molar-refractivity contribution in [3.8, 4) is 0 Å². The van der Waals surface area contributed by atoms with E-state index in [9.17, 15) is 22.8 Å². The molecule has 0 radical (unpaired) electrons. The van der Waals surface area contributed by atoms with Gasteiger partial charge in [0.25, 0.3) is 5.91 Å². The summed E-state index contributed by atoms with van der Waals surface area (Å²) in [6.45, 7) is -1.85. The summed E-state index contributed by atoms with van der Waals surface area (Å²) in [5, 5.41) is 0. The number of halogens is 3. The molecule has 1 amide bonds. The van der Waals surface area contributed by atoms with Crippen LogP contribution in [0.4, 0.5) is 13.2 Å². The molecular formula is C13H11F3N2O3. The first kappa shape index (κ1) is 14.9. The van der Waals surface area contributed by atoms with Crippen LogP contribution in [-0.2, 0) is 6.54 Å². The van der Waals surface area contributed by atoms with Gasteiger partial charge in [-0.25, -0.2) is 0 Å². The average molecular weight is 300 g/mol. The third-order valence-corrected chi connectivity index (χ3v) is 2.64. The van der Waals surface area contributed by atoms with Crippen LogP contribution in [0, 0.1) is 0 Å². The van der Waals surface area contributed by atoms with Gasteiger partial charge in [-0.15, -0.1) is 0 Å². The number of alkyl halides is 3. The molecule has 8 heteroatoms. The lowest BCUT2D eigenvalue weighted by atomic mass is 10.2. The van der Waals surface area contributed by atoms with Crippen LogP contribution >= 0.6 is 0 Å². The second kappa shape index (κ2) is 5.86. The van der Waals surface area contributed by atoms with Crippen LogP contribution < -0.4 is 5.43 Å². The van der Waals surface area contributed by atoms with Gasteiger partial charge in [-0.2, -0.15) is 13.2 Å². The topological polar surface area (TPSA) is 66.3 Å². The van der Waals surface area contributed by atoms with Gasteiger partial charge in [0.05, 0.1) is 12.8 Å². The minimum Gasteiger partial charge on any atom is -0.467 e. The van der Waals surface area contributed by atoms with E-state index in [-0.39, 0.29) is 17.9 Å². The highest BCUT2D eigenvalue weighted by molar-refractivity contribution is 5.93. The number of carbonyl (C=O) groups excluding carboxylic acids is 1. The van der Waals surface area contributed by atoms with Crippen molar-refractivity contribution < 1.29 is 22.4 Å². The van der Waals surface area contributed by atoms with Crippen LogP contribution in [0.5, 0.6) is 0 Å². The van der Waals surface area contributed by atoms with Gasteiger partial charge < -0.3 is 14.3 Å². The number of hydrogen-bond donors (Lipinski definition) is 1. The Bertz CT molecular complexity index is 662. The fourth-order valence-electron chi connectivity index (χ4n) is 1.76. The van der Waals surface area contributed by atoms with Crippen LogP contribution in [0.3, 0.4) is 0 Å². The summed E-state index contributed by atoms with van der Waals surface area (Å²) in [6.07, 6.45) is -0.916. The van der Waals surface area contributed by atoms with Crippen molar-refractivity contribution in [2.45, 2.75) is 12.7 Å². The zero-order valence-electron chi connectivity index (χ0n) is 10.7. The molecule has 2 heterocycles. The van der Waals surface area contributed by atoms with Crippen molar-refractivity contribution in [1.82, 2.24) is 9.88 Å². The monoisotopic (exact) mass is 300 g/mol. The first-order chi connectivity index (χ1) is 9.87. The zero-order chi connectivity index (χ0) is 15.5. The van der Waals surface area contributed by atoms with Gasteiger partial charge in [0, 0.05) is 18.5 Å². The molecule has 0 saturated heterocycles. The molecule has 21 heavy (non-hydrogen) atoms. The number of hydrogen-bond acceptors (Lipinski definition) is 3. The van der Waals surface area contributed by atoms with Crippen LogP contribution in [-0.4, -0.2) is 28.5 Å². The molecule has 0 bridgehead atoms. The first-order valence-corrected chi connectivity index (χ1v) is 5.92. The van der Waals surface area contributed by atoms with Gasteiger partial charge in [0.15, 0.2) is 5.43 Å². The quantitative estimate of drug-likeness (QED) is 0.941. The third kappa shape index (κ3) is 3.98. The highest BCUT2D eigenvalue weighted by Crippen LogP contribution is 2.19. The molecule has 0 aliphatic heterocycles. The molecule has 0 aromatic carbocycles. The van der Waals surface area contributed by atoms with Crippen molar-refractivity contribution in [3.05, 3.63) is 58.4 Å². The SMILES string of the molecule is O=C(c1c[nH]ccc1=O)N(Cc1ccco1)CC(F)(F)F. The van der Waals surface area contributed by atoms with Crippen molar-refractivity contribution in [2.24, 2.45) is 0 Å². The largest absolute Gasteiger partial charge is 0.467 e. The van der Waals surface area contributed by atoms with Crippen molar-refractivity contribution in [3.63, 3.8) is 0 Å². The maximum atomic E-state index is 12.6.